The minimum absolute atomic E-state index is 0.549. The fourth-order valence-electron chi connectivity index (χ4n) is 2.53. The minimum Gasteiger partial charge on any atom is -0.390 e. The molecule has 0 radical (unpaired) electrons. The number of aliphatic hydroxyl groups excluding tert-OH is 1. The quantitative estimate of drug-likeness (QED) is 0.827. The highest BCUT2D eigenvalue weighted by atomic mass is 127. The second kappa shape index (κ2) is 5.67. The Hall–Kier alpha value is -0.130. The van der Waals surface area contributed by atoms with Gasteiger partial charge in [-0.3, -0.25) is 0 Å². The summed E-state index contributed by atoms with van der Waals surface area (Å²) in [6.45, 7) is 0. The van der Waals surface area contributed by atoms with Crippen molar-refractivity contribution in [2.24, 2.45) is 0 Å². The van der Waals surface area contributed by atoms with E-state index in [2.05, 4.69) is 22.6 Å². The molecule has 0 bridgehead atoms. The molecule has 1 atom stereocenters. The van der Waals surface area contributed by atoms with E-state index >= 15 is 0 Å². The van der Waals surface area contributed by atoms with Crippen LogP contribution >= 0.6 is 22.6 Å². The van der Waals surface area contributed by atoms with Gasteiger partial charge in [0, 0.05) is 9.99 Å². The Balaban J connectivity index is 2.00. The lowest BCUT2D eigenvalue weighted by atomic mass is 9.79. The average molecular weight is 346 g/mol. The fraction of sp³-hybridized carbons (Fsp3) is 0.571. The third-order valence-corrected chi connectivity index (χ3v) is 4.40. The summed E-state index contributed by atoms with van der Waals surface area (Å²) in [5.74, 6) is 0. The van der Waals surface area contributed by atoms with Crippen molar-refractivity contribution in [1.29, 1.82) is 0 Å². The van der Waals surface area contributed by atoms with Gasteiger partial charge >= 0.3 is 0 Å². The van der Waals surface area contributed by atoms with E-state index in [4.69, 9.17) is 0 Å². The van der Waals surface area contributed by atoms with Crippen LogP contribution in [0.15, 0.2) is 24.3 Å². The molecule has 2 rings (SSSR count). The lowest BCUT2D eigenvalue weighted by Gasteiger charge is -2.36. The van der Waals surface area contributed by atoms with Gasteiger partial charge in [-0.25, -0.2) is 0 Å². The Labute approximate surface area is 116 Å². The van der Waals surface area contributed by atoms with Gasteiger partial charge in [0.1, 0.15) is 0 Å². The van der Waals surface area contributed by atoms with E-state index in [1.807, 2.05) is 24.3 Å². The van der Waals surface area contributed by atoms with Crippen molar-refractivity contribution in [3.63, 3.8) is 0 Å². The van der Waals surface area contributed by atoms with Crippen LogP contribution in [0.1, 0.15) is 37.7 Å². The molecule has 0 amide bonds. The lowest BCUT2D eigenvalue weighted by molar-refractivity contribution is -0.0960. The highest BCUT2D eigenvalue weighted by Crippen LogP contribution is 2.32. The van der Waals surface area contributed by atoms with Crippen LogP contribution in [0.2, 0.25) is 0 Å². The van der Waals surface area contributed by atoms with Crippen molar-refractivity contribution >= 4 is 22.6 Å². The van der Waals surface area contributed by atoms with Gasteiger partial charge in [0.05, 0.1) is 11.7 Å². The monoisotopic (exact) mass is 346 g/mol. The average Bonchev–Trinajstić information content (AvgIpc) is 2.33. The van der Waals surface area contributed by atoms with E-state index in [0.717, 1.165) is 31.2 Å². The third kappa shape index (κ3) is 3.42. The van der Waals surface area contributed by atoms with E-state index in [-0.39, 0.29) is 0 Å². The first-order chi connectivity index (χ1) is 8.10. The standard InChI is InChI=1S/C14H19IO2/c15-12-6-4-11(5-7-12)10-13(16)14(17)8-2-1-3-9-14/h4-7,13,16-17H,1-3,8-10H2. The molecule has 94 valence electrons. The molecule has 1 fully saturated rings. The number of aliphatic hydroxyl groups is 2. The normalized spacial score (nSPS) is 21.1. The molecule has 2 N–H and O–H groups in total. The van der Waals surface area contributed by atoms with E-state index in [1.54, 1.807) is 0 Å². The number of rotatable bonds is 3. The predicted molar refractivity (Wildman–Crippen MR) is 76.9 cm³/mol. The molecule has 1 aliphatic rings. The Morgan fingerprint density at radius 1 is 1.12 bits per heavy atom. The van der Waals surface area contributed by atoms with E-state index in [1.165, 1.54) is 9.99 Å². The molecule has 3 heteroatoms. The Morgan fingerprint density at radius 2 is 1.71 bits per heavy atom. The molecule has 17 heavy (non-hydrogen) atoms. The maximum Gasteiger partial charge on any atom is 0.0908 e. The first-order valence-electron chi connectivity index (χ1n) is 6.25. The SMILES string of the molecule is OC(Cc1ccc(I)cc1)C1(O)CCCCC1. The Kier molecular flexibility index (Phi) is 4.44. The molecule has 0 aromatic heterocycles. The molecule has 1 unspecified atom stereocenters. The number of halogens is 1. The van der Waals surface area contributed by atoms with Crippen LogP contribution in [0.25, 0.3) is 0 Å². The van der Waals surface area contributed by atoms with Crippen molar-refractivity contribution < 1.29 is 10.2 Å². The van der Waals surface area contributed by atoms with Crippen LogP contribution in [0, 0.1) is 3.57 Å². The largest absolute Gasteiger partial charge is 0.390 e. The van der Waals surface area contributed by atoms with E-state index in [0.29, 0.717) is 6.42 Å². The summed E-state index contributed by atoms with van der Waals surface area (Å²) in [6.07, 6.45) is 4.62. The van der Waals surface area contributed by atoms with Gasteiger partial charge in [-0.05, 0) is 53.1 Å². The van der Waals surface area contributed by atoms with Gasteiger partial charge in [0.2, 0.25) is 0 Å². The summed E-state index contributed by atoms with van der Waals surface area (Å²) in [4.78, 5) is 0. The van der Waals surface area contributed by atoms with Crippen molar-refractivity contribution in [3.05, 3.63) is 33.4 Å². The predicted octanol–water partition coefficient (Wildman–Crippen LogP) is 2.89. The van der Waals surface area contributed by atoms with Crippen LogP contribution < -0.4 is 0 Å². The van der Waals surface area contributed by atoms with Gasteiger partial charge in [-0.2, -0.15) is 0 Å². The van der Waals surface area contributed by atoms with Gasteiger partial charge in [0.15, 0.2) is 0 Å². The molecule has 0 saturated heterocycles. The zero-order valence-corrected chi connectivity index (χ0v) is 12.1. The molecule has 0 heterocycles. The van der Waals surface area contributed by atoms with Crippen LogP contribution in [0.3, 0.4) is 0 Å². The van der Waals surface area contributed by atoms with Gasteiger partial charge in [-0.1, -0.05) is 31.4 Å². The van der Waals surface area contributed by atoms with Crippen LogP contribution in [0.4, 0.5) is 0 Å². The summed E-state index contributed by atoms with van der Waals surface area (Å²) >= 11 is 2.26. The molecule has 1 saturated carbocycles. The minimum atomic E-state index is -0.860. The number of hydrogen-bond acceptors (Lipinski definition) is 2. The van der Waals surface area contributed by atoms with Crippen molar-refractivity contribution in [3.8, 4) is 0 Å². The lowest BCUT2D eigenvalue weighted by Crippen LogP contribution is -2.45. The molecule has 2 nitrogen and oxygen atoms in total. The van der Waals surface area contributed by atoms with Gasteiger partial charge in [-0.15, -0.1) is 0 Å². The summed E-state index contributed by atoms with van der Waals surface area (Å²) in [7, 11) is 0. The van der Waals surface area contributed by atoms with E-state index in [9.17, 15) is 10.2 Å². The maximum absolute atomic E-state index is 10.4. The Morgan fingerprint density at radius 3 is 2.29 bits per heavy atom. The summed E-state index contributed by atoms with van der Waals surface area (Å²) < 4.78 is 1.19. The summed E-state index contributed by atoms with van der Waals surface area (Å²) in [5, 5.41) is 20.6. The van der Waals surface area contributed by atoms with Gasteiger partial charge in [0.25, 0.3) is 0 Å². The number of hydrogen-bond donors (Lipinski definition) is 2. The van der Waals surface area contributed by atoms with Crippen molar-refractivity contribution in [2.75, 3.05) is 0 Å². The third-order valence-electron chi connectivity index (χ3n) is 3.68. The Bertz CT molecular complexity index is 355. The summed E-state index contributed by atoms with van der Waals surface area (Å²) in [6, 6.07) is 8.12. The van der Waals surface area contributed by atoms with Crippen LogP contribution in [0.5, 0.6) is 0 Å². The molecule has 0 spiro atoms. The van der Waals surface area contributed by atoms with Crippen molar-refractivity contribution in [2.45, 2.75) is 50.2 Å². The van der Waals surface area contributed by atoms with Crippen LogP contribution in [-0.4, -0.2) is 21.9 Å². The second-order valence-corrected chi connectivity index (χ2v) is 6.26. The maximum atomic E-state index is 10.4. The smallest absolute Gasteiger partial charge is 0.0908 e. The molecule has 1 aromatic carbocycles. The number of benzene rings is 1. The fourth-order valence-corrected chi connectivity index (χ4v) is 2.89. The second-order valence-electron chi connectivity index (χ2n) is 5.01. The first-order valence-corrected chi connectivity index (χ1v) is 7.33. The highest BCUT2D eigenvalue weighted by molar-refractivity contribution is 14.1. The zero-order valence-electron chi connectivity index (χ0n) is 9.90. The zero-order chi connectivity index (χ0) is 12.3. The first kappa shape index (κ1) is 13.3. The molecular formula is C14H19IO2. The van der Waals surface area contributed by atoms with Crippen LogP contribution in [-0.2, 0) is 6.42 Å². The van der Waals surface area contributed by atoms with E-state index < -0.39 is 11.7 Å². The van der Waals surface area contributed by atoms with Gasteiger partial charge < -0.3 is 10.2 Å². The highest BCUT2D eigenvalue weighted by Gasteiger charge is 2.36. The molecule has 1 aromatic rings. The topological polar surface area (TPSA) is 40.5 Å². The molecular weight excluding hydrogens is 327 g/mol. The summed E-state index contributed by atoms with van der Waals surface area (Å²) in [5.41, 5.74) is 0.234. The molecule has 1 aliphatic carbocycles. The van der Waals surface area contributed by atoms with Crippen molar-refractivity contribution in [1.82, 2.24) is 0 Å². The molecule has 0 aliphatic heterocycles.